The normalized spacial score (nSPS) is 10.8. The first-order chi connectivity index (χ1) is 10.2. The van der Waals surface area contributed by atoms with Gasteiger partial charge in [0, 0.05) is 23.8 Å². The number of benzene rings is 1. The Morgan fingerprint density at radius 1 is 1.14 bits per heavy atom. The van der Waals surface area contributed by atoms with Gasteiger partial charge in [0.25, 0.3) is 0 Å². The van der Waals surface area contributed by atoms with Crippen molar-refractivity contribution in [2.75, 3.05) is 13.1 Å². The van der Waals surface area contributed by atoms with Crippen LogP contribution in [-0.4, -0.2) is 24.0 Å². The van der Waals surface area contributed by atoms with Crippen molar-refractivity contribution >= 4 is 28.0 Å². The molecule has 21 heavy (non-hydrogen) atoms. The summed E-state index contributed by atoms with van der Waals surface area (Å²) in [5.74, 6) is 0. The molecule has 2 amide bonds. The quantitative estimate of drug-likeness (QED) is 0.698. The number of hydrogen-bond donors (Lipinski definition) is 1. The Bertz CT molecular complexity index is 435. The average Bonchev–Trinajstić information content (AvgIpc) is 2.49. The summed E-state index contributed by atoms with van der Waals surface area (Å²) in [6.07, 6.45) is 7.93. The molecular weight excluding hydrogens is 328 g/mol. The van der Waals surface area contributed by atoms with Crippen LogP contribution in [0.3, 0.4) is 0 Å². The minimum atomic E-state index is -0.00902. The summed E-state index contributed by atoms with van der Waals surface area (Å²) in [7, 11) is 0. The average molecular weight is 353 g/mol. The van der Waals surface area contributed by atoms with Gasteiger partial charge in [-0.05, 0) is 36.6 Å². The number of nitrogens with one attached hydrogen (secondary N) is 1. The molecule has 4 heteroatoms. The first kappa shape index (κ1) is 17.8. The SMILES string of the molecule is CCCCN(CCCC)C(=O)N/C=C/c1ccc(Br)cc1. The molecule has 0 heterocycles. The van der Waals surface area contributed by atoms with Crippen molar-refractivity contribution < 1.29 is 4.79 Å². The third kappa shape index (κ3) is 7.32. The number of rotatable bonds is 8. The maximum atomic E-state index is 12.2. The van der Waals surface area contributed by atoms with E-state index in [-0.39, 0.29) is 6.03 Å². The van der Waals surface area contributed by atoms with Crippen LogP contribution >= 0.6 is 15.9 Å². The molecule has 0 radical (unpaired) electrons. The fraction of sp³-hybridized carbons (Fsp3) is 0.471. The van der Waals surface area contributed by atoms with Crippen LogP contribution in [0.1, 0.15) is 45.1 Å². The van der Waals surface area contributed by atoms with Crippen molar-refractivity contribution in [2.24, 2.45) is 0 Å². The third-order valence-electron chi connectivity index (χ3n) is 3.20. The summed E-state index contributed by atoms with van der Waals surface area (Å²) in [5.41, 5.74) is 1.06. The van der Waals surface area contributed by atoms with Crippen LogP contribution in [0.5, 0.6) is 0 Å². The second kappa shape index (κ2) is 10.4. The summed E-state index contributed by atoms with van der Waals surface area (Å²) in [4.78, 5) is 14.1. The second-order valence-electron chi connectivity index (χ2n) is 5.03. The summed E-state index contributed by atoms with van der Waals surface area (Å²) in [6.45, 7) is 5.94. The zero-order valence-electron chi connectivity index (χ0n) is 12.9. The highest BCUT2D eigenvalue weighted by Gasteiger charge is 2.10. The summed E-state index contributed by atoms with van der Waals surface area (Å²) < 4.78 is 1.05. The van der Waals surface area contributed by atoms with Gasteiger partial charge in [-0.1, -0.05) is 54.8 Å². The predicted molar refractivity (Wildman–Crippen MR) is 93.1 cm³/mol. The minimum Gasteiger partial charge on any atom is -0.325 e. The Balaban J connectivity index is 2.49. The Hall–Kier alpha value is -1.29. The van der Waals surface area contributed by atoms with E-state index in [4.69, 9.17) is 0 Å². The Kier molecular flexibility index (Phi) is 8.83. The molecule has 0 aliphatic carbocycles. The highest BCUT2D eigenvalue weighted by atomic mass is 79.9. The molecule has 1 aromatic carbocycles. The van der Waals surface area contributed by atoms with Gasteiger partial charge < -0.3 is 10.2 Å². The van der Waals surface area contributed by atoms with E-state index >= 15 is 0 Å². The van der Waals surface area contributed by atoms with Crippen molar-refractivity contribution in [1.82, 2.24) is 10.2 Å². The lowest BCUT2D eigenvalue weighted by molar-refractivity contribution is 0.200. The zero-order valence-corrected chi connectivity index (χ0v) is 14.5. The van der Waals surface area contributed by atoms with Crippen LogP contribution in [0.15, 0.2) is 34.9 Å². The minimum absolute atomic E-state index is 0.00902. The van der Waals surface area contributed by atoms with Gasteiger partial charge in [-0.3, -0.25) is 0 Å². The van der Waals surface area contributed by atoms with Crippen LogP contribution < -0.4 is 5.32 Å². The molecule has 0 saturated heterocycles. The molecule has 0 aliphatic rings. The molecule has 0 fully saturated rings. The highest BCUT2D eigenvalue weighted by molar-refractivity contribution is 9.10. The van der Waals surface area contributed by atoms with Crippen molar-refractivity contribution in [1.29, 1.82) is 0 Å². The Morgan fingerprint density at radius 3 is 2.24 bits per heavy atom. The van der Waals surface area contributed by atoms with Gasteiger partial charge in [0.2, 0.25) is 0 Å². The van der Waals surface area contributed by atoms with Crippen LogP contribution in [0.2, 0.25) is 0 Å². The second-order valence-corrected chi connectivity index (χ2v) is 5.94. The number of amides is 2. The van der Waals surface area contributed by atoms with Crippen molar-refractivity contribution in [3.63, 3.8) is 0 Å². The number of carbonyl (C=O) groups is 1. The van der Waals surface area contributed by atoms with Crippen molar-refractivity contribution in [2.45, 2.75) is 39.5 Å². The molecule has 1 aromatic rings. The molecule has 0 saturated carbocycles. The predicted octanol–water partition coefficient (Wildman–Crippen LogP) is 5.03. The van der Waals surface area contributed by atoms with E-state index in [2.05, 4.69) is 35.1 Å². The maximum Gasteiger partial charge on any atom is 0.321 e. The highest BCUT2D eigenvalue weighted by Crippen LogP contribution is 2.11. The van der Waals surface area contributed by atoms with Crippen LogP contribution in [0, 0.1) is 0 Å². The van der Waals surface area contributed by atoms with E-state index in [9.17, 15) is 4.79 Å². The molecule has 0 atom stereocenters. The molecule has 1 N–H and O–H groups in total. The van der Waals surface area contributed by atoms with Gasteiger partial charge in [0.1, 0.15) is 0 Å². The number of carbonyl (C=O) groups excluding carboxylic acids is 1. The molecule has 116 valence electrons. The summed E-state index contributed by atoms with van der Waals surface area (Å²) >= 11 is 3.40. The molecular formula is C17H25BrN2O. The lowest BCUT2D eigenvalue weighted by atomic mass is 10.2. The van der Waals surface area contributed by atoms with E-state index in [0.717, 1.165) is 48.8 Å². The Labute approximate surface area is 136 Å². The largest absolute Gasteiger partial charge is 0.325 e. The monoisotopic (exact) mass is 352 g/mol. The standard InChI is InChI=1S/C17H25BrN2O/c1-3-5-13-20(14-6-4-2)17(21)19-12-11-15-7-9-16(18)10-8-15/h7-12H,3-6,13-14H2,1-2H3,(H,19,21)/b12-11+. The third-order valence-corrected chi connectivity index (χ3v) is 3.73. The molecule has 0 aliphatic heterocycles. The number of halogens is 1. The molecule has 1 rings (SSSR count). The van der Waals surface area contributed by atoms with Crippen LogP contribution in [-0.2, 0) is 0 Å². The van der Waals surface area contributed by atoms with Crippen LogP contribution in [0.4, 0.5) is 4.79 Å². The molecule has 3 nitrogen and oxygen atoms in total. The van der Waals surface area contributed by atoms with Gasteiger partial charge in [0.05, 0.1) is 0 Å². The number of urea groups is 1. The van der Waals surface area contributed by atoms with Gasteiger partial charge in [-0.25, -0.2) is 4.79 Å². The zero-order chi connectivity index (χ0) is 15.5. The number of nitrogens with zero attached hydrogens (tertiary/aromatic N) is 1. The topological polar surface area (TPSA) is 32.3 Å². The van der Waals surface area contributed by atoms with Gasteiger partial charge in [-0.2, -0.15) is 0 Å². The molecule has 0 aromatic heterocycles. The first-order valence-electron chi connectivity index (χ1n) is 7.65. The number of hydrogen-bond acceptors (Lipinski definition) is 1. The molecule has 0 unspecified atom stereocenters. The van der Waals surface area contributed by atoms with E-state index in [1.165, 1.54) is 0 Å². The van der Waals surface area contributed by atoms with Crippen molar-refractivity contribution in [3.8, 4) is 0 Å². The van der Waals surface area contributed by atoms with E-state index in [1.807, 2.05) is 35.2 Å². The van der Waals surface area contributed by atoms with Gasteiger partial charge >= 0.3 is 6.03 Å². The smallest absolute Gasteiger partial charge is 0.321 e. The summed E-state index contributed by atoms with van der Waals surface area (Å²) in [5, 5.41) is 2.86. The lowest BCUT2D eigenvalue weighted by Gasteiger charge is -2.21. The lowest BCUT2D eigenvalue weighted by Crippen LogP contribution is -2.38. The number of unbranched alkanes of at least 4 members (excludes halogenated alkanes) is 2. The van der Waals surface area contributed by atoms with E-state index in [0.29, 0.717) is 0 Å². The van der Waals surface area contributed by atoms with E-state index < -0.39 is 0 Å². The van der Waals surface area contributed by atoms with Gasteiger partial charge in [-0.15, -0.1) is 0 Å². The van der Waals surface area contributed by atoms with Crippen molar-refractivity contribution in [3.05, 3.63) is 40.5 Å². The fourth-order valence-corrected chi connectivity index (χ4v) is 2.15. The molecule has 0 spiro atoms. The van der Waals surface area contributed by atoms with Crippen LogP contribution in [0.25, 0.3) is 6.08 Å². The Morgan fingerprint density at radius 2 is 1.71 bits per heavy atom. The maximum absolute atomic E-state index is 12.2. The summed E-state index contributed by atoms with van der Waals surface area (Å²) in [6, 6.07) is 7.95. The first-order valence-corrected chi connectivity index (χ1v) is 8.44. The molecule has 0 bridgehead atoms. The van der Waals surface area contributed by atoms with Gasteiger partial charge in [0.15, 0.2) is 0 Å². The fourth-order valence-electron chi connectivity index (χ4n) is 1.89. The van der Waals surface area contributed by atoms with E-state index in [1.54, 1.807) is 6.20 Å².